The largest absolute Gasteiger partial charge is 0.370 e. The van der Waals surface area contributed by atoms with E-state index < -0.39 is 0 Å². The maximum atomic E-state index is 12.1. The molecule has 2 N–H and O–H groups in total. The van der Waals surface area contributed by atoms with Crippen molar-refractivity contribution in [2.24, 2.45) is 7.05 Å². The van der Waals surface area contributed by atoms with E-state index in [4.69, 9.17) is 11.6 Å². The molecule has 0 aromatic carbocycles. The van der Waals surface area contributed by atoms with Crippen LogP contribution < -0.4 is 10.6 Å². The third-order valence-electron chi connectivity index (χ3n) is 3.01. The summed E-state index contributed by atoms with van der Waals surface area (Å²) >= 11 is 6.03. The molecule has 0 saturated carbocycles. The molecule has 0 aliphatic carbocycles. The fourth-order valence-corrected chi connectivity index (χ4v) is 2.11. The van der Waals surface area contributed by atoms with Gasteiger partial charge in [-0.3, -0.25) is 9.48 Å². The number of rotatable bonds is 6. The smallest absolute Gasteiger partial charge is 0.271 e. The summed E-state index contributed by atoms with van der Waals surface area (Å²) in [5, 5.41) is 10.3. The minimum absolute atomic E-state index is 0.236. The highest BCUT2D eigenvalue weighted by atomic mass is 35.5. The Labute approximate surface area is 128 Å². The van der Waals surface area contributed by atoms with Gasteiger partial charge in [0.2, 0.25) is 0 Å². The van der Waals surface area contributed by atoms with E-state index in [2.05, 4.69) is 20.7 Å². The molecule has 112 valence electrons. The molecule has 0 unspecified atom stereocenters. The van der Waals surface area contributed by atoms with Crippen LogP contribution in [0, 0.1) is 0 Å². The van der Waals surface area contributed by atoms with Gasteiger partial charge in [0, 0.05) is 38.4 Å². The molecule has 1 amide bonds. The molecule has 7 heteroatoms. The molecule has 2 heterocycles. The molecule has 2 aromatic rings. The van der Waals surface area contributed by atoms with Crippen molar-refractivity contribution < 1.29 is 4.79 Å². The lowest BCUT2D eigenvalue weighted by molar-refractivity contribution is 0.0949. The van der Waals surface area contributed by atoms with Gasteiger partial charge >= 0.3 is 0 Å². The van der Waals surface area contributed by atoms with Crippen molar-refractivity contribution >= 4 is 23.3 Å². The molecular weight excluding hydrogens is 290 g/mol. The maximum absolute atomic E-state index is 12.1. The summed E-state index contributed by atoms with van der Waals surface area (Å²) in [5.41, 5.74) is 1.29. The van der Waals surface area contributed by atoms with Gasteiger partial charge < -0.3 is 10.6 Å². The Hall–Kier alpha value is -2.08. The highest BCUT2D eigenvalue weighted by molar-refractivity contribution is 6.33. The molecule has 0 fully saturated rings. The number of halogens is 1. The molecule has 6 nitrogen and oxygen atoms in total. The molecule has 0 bridgehead atoms. The van der Waals surface area contributed by atoms with Gasteiger partial charge in [-0.2, -0.15) is 5.10 Å². The number of aryl methyl sites for hydroxylation is 1. The number of nitrogens with one attached hydrogen (secondary N) is 2. The van der Waals surface area contributed by atoms with Crippen molar-refractivity contribution in [2.75, 3.05) is 18.4 Å². The van der Waals surface area contributed by atoms with Crippen LogP contribution >= 0.6 is 11.6 Å². The standard InChI is InChI=1S/C14H18ClN5O/c1-3-16-12-5-4-11(15)13(19-12)14(21)17-8-6-10-7-9-18-20(10)2/h4-5,7,9H,3,6,8H2,1-2H3,(H,16,19)(H,17,21). The molecule has 21 heavy (non-hydrogen) atoms. The van der Waals surface area contributed by atoms with E-state index in [0.29, 0.717) is 23.8 Å². The van der Waals surface area contributed by atoms with Crippen LogP contribution in [0.5, 0.6) is 0 Å². The van der Waals surface area contributed by atoms with E-state index in [1.807, 2.05) is 20.0 Å². The predicted octanol–water partition coefficient (Wildman–Crippen LogP) is 1.87. The van der Waals surface area contributed by atoms with Crippen LogP contribution in [0.1, 0.15) is 23.1 Å². The van der Waals surface area contributed by atoms with Gasteiger partial charge in [-0.25, -0.2) is 4.98 Å². The third kappa shape index (κ3) is 3.95. The lowest BCUT2D eigenvalue weighted by Crippen LogP contribution is -2.27. The Balaban J connectivity index is 1.96. The molecule has 0 radical (unpaired) electrons. The first-order chi connectivity index (χ1) is 10.1. The first-order valence-electron chi connectivity index (χ1n) is 6.77. The highest BCUT2D eigenvalue weighted by Crippen LogP contribution is 2.16. The molecule has 2 aromatic heterocycles. The normalized spacial score (nSPS) is 10.4. The van der Waals surface area contributed by atoms with E-state index in [1.165, 1.54) is 0 Å². The van der Waals surface area contributed by atoms with Crippen molar-refractivity contribution in [3.05, 3.63) is 40.8 Å². The van der Waals surface area contributed by atoms with Crippen LogP contribution in [-0.2, 0) is 13.5 Å². The van der Waals surface area contributed by atoms with E-state index in [1.54, 1.807) is 23.0 Å². The van der Waals surface area contributed by atoms with Crippen molar-refractivity contribution in [3.8, 4) is 0 Å². The summed E-state index contributed by atoms with van der Waals surface area (Å²) in [4.78, 5) is 16.3. The Kier molecular flexibility index (Phi) is 5.16. The second-order valence-electron chi connectivity index (χ2n) is 4.51. The van der Waals surface area contributed by atoms with Gasteiger partial charge in [0.25, 0.3) is 5.91 Å². The van der Waals surface area contributed by atoms with Gasteiger partial charge in [-0.15, -0.1) is 0 Å². The fourth-order valence-electron chi connectivity index (χ4n) is 1.92. The number of carbonyl (C=O) groups is 1. The minimum Gasteiger partial charge on any atom is -0.370 e. The van der Waals surface area contributed by atoms with Crippen LogP contribution in [-0.4, -0.2) is 33.8 Å². The third-order valence-corrected chi connectivity index (χ3v) is 3.31. The zero-order valence-corrected chi connectivity index (χ0v) is 12.8. The van der Waals surface area contributed by atoms with Crippen LogP contribution in [0.4, 0.5) is 5.82 Å². The number of nitrogens with zero attached hydrogens (tertiary/aromatic N) is 3. The zero-order valence-electron chi connectivity index (χ0n) is 12.1. The van der Waals surface area contributed by atoms with E-state index in [9.17, 15) is 4.79 Å². The average molecular weight is 308 g/mol. The topological polar surface area (TPSA) is 71.8 Å². The lowest BCUT2D eigenvalue weighted by Gasteiger charge is -2.08. The van der Waals surface area contributed by atoms with E-state index in [0.717, 1.165) is 12.2 Å². The second-order valence-corrected chi connectivity index (χ2v) is 4.92. The molecule has 0 saturated heterocycles. The summed E-state index contributed by atoms with van der Waals surface area (Å²) in [6, 6.07) is 5.34. The first-order valence-corrected chi connectivity index (χ1v) is 7.15. The molecule has 0 spiro atoms. The van der Waals surface area contributed by atoms with Crippen LogP contribution in [0.25, 0.3) is 0 Å². The zero-order chi connectivity index (χ0) is 15.2. The summed E-state index contributed by atoms with van der Waals surface area (Å²) in [6.07, 6.45) is 2.43. The SMILES string of the molecule is CCNc1ccc(Cl)c(C(=O)NCCc2ccnn2C)n1. The molecule has 0 aliphatic rings. The number of anilines is 1. The Morgan fingerprint density at radius 1 is 1.38 bits per heavy atom. The number of aromatic nitrogens is 3. The van der Waals surface area contributed by atoms with Crippen molar-refractivity contribution in [3.63, 3.8) is 0 Å². The van der Waals surface area contributed by atoms with Crippen molar-refractivity contribution in [1.82, 2.24) is 20.1 Å². The number of carbonyl (C=O) groups excluding carboxylic acids is 1. The lowest BCUT2D eigenvalue weighted by atomic mass is 10.3. The van der Waals surface area contributed by atoms with Gasteiger partial charge in [0.1, 0.15) is 11.5 Å². The predicted molar refractivity (Wildman–Crippen MR) is 82.7 cm³/mol. The molecule has 0 atom stereocenters. The first kappa shape index (κ1) is 15.3. The van der Waals surface area contributed by atoms with Crippen molar-refractivity contribution in [2.45, 2.75) is 13.3 Å². The summed E-state index contributed by atoms with van der Waals surface area (Å²) < 4.78 is 1.78. The number of hydrogen-bond donors (Lipinski definition) is 2. The highest BCUT2D eigenvalue weighted by Gasteiger charge is 2.13. The molecule has 0 aliphatic heterocycles. The Morgan fingerprint density at radius 2 is 2.19 bits per heavy atom. The monoisotopic (exact) mass is 307 g/mol. The van der Waals surface area contributed by atoms with Crippen molar-refractivity contribution in [1.29, 1.82) is 0 Å². The minimum atomic E-state index is -0.276. The summed E-state index contributed by atoms with van der Waals surface area (Å²) in [5.74, 6) is 0.362. The number of amides is 1. The van der Waals surface area contributed by atoms with Crippen LogP contribution in [0.15, 0.2) is 24.4 Å². The Bertz CT molecular complexity index is 626. The quantitative estimate of drug-likeness (QED) is 0.854. The molecule has 2 rings (SSSR count). The van der Waals surface area contributed by atoms with E-state index in [-0.39, 0.29) is 11.6 Å². The fraction of sp³-hybridized carbons (Fsp3) is 0.357. The van der Waals surface area contributed by atoms with Gasteiger partial charge in [-0.05, 0) is 25.1 Å². The number of pyridine rings is 1. The molecular formula is C14H18ClN5O. The number of hydrogen-bond acceptors (Lipinski definition) is 4. The Morgan fingerprint density at radius 3 is 2.86 bits per heavy atom. The van der Waals surface area contributed by atoms with Crippen LogP contribution in [0.2, 0.25) is 5.02 Å². The van der Waals surface area contributed by atoms with Gasteiger partial charge in [0.15, 0.2) is 0 Å². The van der Waals surface area contributed by atoms with Gasteiger partial charge in [-0.1, -0.05) is 11.6 Å². The van der Waals surface area contributed by atoms with Crippen LogP contribution in [0.3, 0.4) is 0 Å². The van der Waals surface area contributed by atoms with Gasteiger partial charge in [0.05, 0.1) is 5.02 Å². The average Bonchev–Trinajstić information content (AvgIpc) is 2.87. The second kappa shape index (κ2) is 7.08. The summed E-state index contributed by atoms with van der Waals surface area (Å²) in [6.45, 7) is 3.20. The summed E-state index contributed by atoms with van der Waals surface area (Å²) in [7, 11) is 1.87. The van der Waals surface area contributed by atoms with E-state index >= 15 is 0 Å². The maximum Gasteiger partial charge on any atom is 0.271 e.